The van der Waals surface area contributed by atoms with Crippen molar-refractivity contribution in [3.8, 4) is 11.3 Å². The van der Waals surface area contributed by atoms with Crippen molar-refractivity contribution in [2.45, 2.75) is 19.9 Å². The number of aryl methyl sites for hydroxylation is 2. The quantitative estimate of drug-likeness (QED) is 0.703. The average molecular weight is 393 g/mol. The maximum absolute atomic E-state index is 12.0. The van der Waals surface area contributed by atoms with Gasteiger partial charge in [0, 0.05) is 48.8 Å². The van der Waals surface area contributed by atoms with Crippen LogP contribution in [0.4, 0.5) is 0 Å². The Labute approximate surface area is 160 Å². The van der Waals surface area contributed by atoms with E-state index in [1.165, 1.54) is 0 Å². The summed E-state index contributed by atoms with van der Waals surface area (Å²) in [6.07, 6.45) is 0.674. The number of nitrogens with one attached hydrogen (secondary N) is 1. The largest absolute Gasteiger partial charge is 0.387 e. The Morgan fingerprint density at radius 3 is 2.81 bits per heavy atom. The number of rotatable bonds is 2. The van der Waals surface area contributed by atoms with Gasteiger partial charge in [0.1, 0.15) is 6.61 Å². The van der Waals surface area contributed by atoms with E-state index in [-0.39, 0.29) is 5.91 Å². The molecule has 0 radical (unpaired) electrons. The van der Waals surface area contributed by atoms with E-state index in [0.29, 0.717) is 29.6 Å². The molecule has 0 aliphatic carbocycles. The molecule has 0 atom stereocenters. The molecule has 2 aromatic heterocycles. The number of aromatic nitrogens is 3. The number of hydrogen-bond acceptors (Lipinski definition) is 3. The lowest BCUT2D eigenvalue weighted by molar-refractivity contribution is -0.135. The molecule has 3 heterocycles. The number of aliphatic hydroxyl groups excluding tert-OH is 1. The summed E-state index contributed by atoms with van der Waals surface area (Å²) in [5, 5.41) is 15.5. The highest BCUT2D eigenvalue weighted by Gasteiger charge is 2.27. The van der Waals surface area contributed by atoms with Crippen LogP contribution in [-0.2, 0) is 24.8 Å². The molecule has 2 N–H and O–H groups in total. The van der Waals surface area contributed by atoms with Crippen LogP contribution in [-0.4, -0.2) is 43.8 Å². The highest BCUT2D eigenvalue weighted by molar-refractivity contribution is 6.45. The first-order valence-corrected chi connectivity index (χ1v) is 9.07. The maximum atomic E-state index is 12.0. The zero-order chi connectivity index (χ0) is 18.6. The number of aromatic amines is 1. The molecule has 26 heavy (non-hydrogen) atoms. The number of hydrogen-bond donors (Lipinski definition) is 2. The fourth-order valence-corrected chi connectivity index (χ4v) is 4.12. The summed E-state index contributed by atoms with van der Waals surface area (Å²) < 4.78 is 1.81. The molecule has 1 aliphatic heterocycles. The van der Waals surface area contributed by atoms with E-state index in [4.69, 9.17) is 23.2 Å². The predicted molar refractivity (Wildman–Crippen MR) is 101 cm³/mol. The molecule has 1 aliphatic rings. The monoisotopic (exact) mass is 392 g/mol. The Bertz CT molecular complexity index is 1040. The van der Waals surface area contributed by atoms with Gasteiger partial charge in [-0.15, -0.1) is 0 Å². The van der Waals surface area contributed by atoms with Crippen LogP contribution in [0.2, 0.25) is 10.0 Å². The van der Waals surface area contributed by atoms with Gasteiger partial charge in [0.25, 0.3) is 0 Å². The van der Waals surface area contributed by atoms with E-state index < -0.39 is 6.61 Å². The van der Waals surface area contributed by atoms with Crippen molar-refractivity contribution >= 4 is 40.0 Å². The molecule has 6 nitrogen and oxygen atoms in total. The third-order valence-corrected chi connectivity index (χ3v) is 5.70. The zero-order valence-corrected chi connectivity index (χ0v) is 15.9. The lowest BCUT2D eigenvalue weighted by atomic mass is 9.98. The van der Waals surface area contributed by atoms with Crippen molar-refractivity contribution in [1.82, 2.24) is 19.7 Å². The van der Waals surface area contributed by atoms with E-state index in [9.17, 15) is 9.90 Å². The lowest BCUT2D eigenvalue weighted by Gasteiger charge is -2.27. The molecule has 0 saturated heterocycles. The molecule has 4 rings (SSSR count). The summed E-state index contributed by atoms with van der Waals surface area (Å²) in [4.78, 5) is 17.0. The third-order valence-electron chi connectivity index (χ3n) is 4.91. The van der Waals surface area contributed by atoms with Crippen molar-refractivity contribution in [3.63, 3.8) is 0 Å². The summed E-state index contributed by atoms with van der Waals surface area (Å²) in [5.41, 5.74) is 5.60. The van der Waals surface area contributed by atoms with Crippen molar-refractivity contribution in [1.29, 1.82) is 0 Å². The minimum atomic E-state index is -0.488. The Balaban J connectivity index is 1.99. The number of halogens is 2. The highest BCUT2D eigenvalue weighted by Crippen LogP contribution is 2.42. The topological polar surface area (TPSA) is 74.2 Å². The summed E-state index contributed by atoms with van der Waals surface area (Å²) in [5.74, 6) is -0.275. The van der Waals surface area contributed by atoms with E-state index in [0.717, 1.165) is 39.1 Å². The molecule has 0 saturated carbocycles. The normalized spacial score (nSPS) is 14.1. The number of carbonyl (C=O) groups is 1. The van der Waals surface area contributed by atoms with Crippen LogP contribution < -0.4 is 0 Å². The summed E-state index contributed by atoms with van der Waals surface area (Å²) in [7, 11) is 1.89. The second kappa shape index (κ2) is 6.30. The van der Waals surface area contributed by atoms with Gasteiger partial charge in [0.2, 0.25) is 5.91 Å². The smallest absolute Gasteiger partial charge is 0.248 e. The number of nitrogens with zero attached hydrogens (tertiary/aromatic N) is 3. The molecule has 1 aromatic carbocycles. The molecule has 0 bridgehead atoms. The van der Waals surface area contributed by atoms with Crippen LogP contribution >= 0.6 is 23.2 Å². The fraction of sp³-hybridized carbons (Fsp3) is 0.333. The minimum absolute atomic E-state index is 0.275. The summed E-state index contributed by atoms with van der Waals surface area (Å²) in [6, 6.07) is 3.85. The van der Waals surface area contributed by atoms with Crippen LogP contribution in [0.5, 0.6) is 0 Å². The van der Waals surface area contributed by atoms with Crippen LogP contribution in [0.1, 0.15) is 17.0 Å². The SMILES string of the molecule is Cc1cc(-c2cc(Cl)c(Cl)c3[nH]c4c(c23)CN(C(=O)CO)CC4)n(C)n1. The number of H-pyrrole nitrogens is 1. The predicted octanol–water partition coefficient (Wildman–Crippen LogP) is 3.06. The molecular weight excluding hydrogens is 375 g/mol. The van der Waals surface area contributed by atoms with Crippen molar-refractivity contribution in [2.24, 2.45) is 7.05 Å². The molecular formula is C18H18Cl2N4O2. The number of benzene rings is 1. The van der Waals surface area contributed by atoms with Gasteiger partial charge in [-0.25, -0.2) is 0 Å². The number of carbonyl (C=O) groups excluding carboxylic acids is 1. The Hall–Kier alpha value is -2.02. The minimum Gasteiger partial charge on any atom is -0.387 e. The molecule has 1 amide bonds. The van der Waals surface area contributed by atoms with Crippen LogP contribution in [0.3, 0.4) is 0 Å². The summed E-state index contributed by atoms with van der Waals surface area (Å²) >= 11 is 12.9. The van der Waals surface area contributed by atoms with E-state index in [2.05, 4.69) is 10.1 Å². The van der Waals surface area contributed by atoms with Crippen LogP contribution in [0.15, 0.2) is 12.1 Å². The van der Waals surface area contributed by atoms with Gasteiger partial charge in [-0.05, 0) is 19.1 Å². The van der Waals surface area contributed by atoms with Crippen molar-refractivity contribution in [2.75, 3.05) is 13.2 Å². The maximum Gasteiger partial charge on any atom is 0.248 e. The standard InChI is InChI=1S/C18H18Cl2N4O2/c1-9-5-14(23(2)22-9)10-6-12(19)17(20)18-16(10)11-7-24(15(26)8-25)4-3-13(11)21-18/h5-6,21,25H,3-4,7-8H2,1-2H3. The molecule has 8 heteroatoms. The van der Waals surface area contributed by atoms with E-state index >= 15 is 0 Å². The average Bonchev–Trinajstić information content (AvgIpc) is 3.16. The molecule has 3 aromatic rings. The zero-order valence-electron chi connectivity index (χ0n) is 14.4. The first-order valence-electron chi connectivity index (χ1n) is 8.31. The molecule has 0 unspecified atom stereocenters. The van der Waals surface area contributed by atoms with Crippen molar-refractivity contribution in [3.05, 3.63) is 39.1 Å². The second-order valence-electron chi connectivity index (χ2n) is 6.57. The van der Waals surface area contributed by atoms with E-state index in [1.54, 1.807) is 4.90 Å². The number of aliphatic hydroxyl groups is 1. The number of amides is 1. The van der Waals surface area contributed by atoms with Gasteiger partial charge >= 0.3 is 0 Å². The van der Waals surface area contributed by atoms with Gasteiger partial charge in [-0.1, -0.05) is 23.2 Å². The van der Waals surface area contributed by atoms with Gasteiger partial charge in [-0.3, -0.25) is 9.48 Å². The van der Waals surface area contributed by atoms with Gasteiger partial charge in [0.05, 0.1) is 26.9 Å². The molecule has 0 spiro atoms. The Morgan fingerprint density at radius 1 is 1.38 bits per heavy atom. The first-order chi connectivity index (χ1) is 12.4. The highest BCUT2D eigenvalue weighted by atomic mass is 35.5. The fourth-order valence-electron chi connectivity index (χ4n) is 3.72. The van der Waals surface area contributed by atoms with Crippen LogP contribution in [0.25, 0.3) is 22.2 Å². The molecule has 0 fully saturated rings. The van der Waals surface area contributed by atoms with Crippen molar-refractivity contribution < 1.29 is 9.90 Å². The van der Waals surface area contributed by atoms with Gasteiger partial charge in [0.15, 0.2) is 0 Å². The lowest BCUT2D eigenvalue weighted by Crippen LogP contribution is -2.37. The number of fused-ring (bicyclic) bond motifs is 3. The van der Waals surface area contributed by atoms with E-state index in [1.807, 2.05) is 30.8 Å². The summed E-state index contributed by atoms with van der Waals surface area (Å²) in [6.45, 7) is 2.44. The first kappa shape index (κ1) is 17.4. The van der Waals surface area contributed by atoms with Gasteiger partial charge < -0.3 is 15.0 Å². The third kappa shape index (κ3) is 2.60. The van der Waals surface area contributed by atoms with Crippen LogP contribution in [0, 0.1) is 6.92 Å². The Kier molecular flexibility index (Phi) is 4.22. The van der Waals surface area contributed by atoms with Gasteiger partial charge in [-0.2, -0.15) is 5.10 Å². The Morgan fingerprint density at radius 2 is 2.15 bits per heavy atom. The second-order valence-corrected chi connectivity index (χ2v) is 7.36. The molecule has 136 valence electrons.